The first kappa shape index (κ1) is 20.8. The van der Waals surface area contributed by atoms with Crippen molar-refractivity contribution in [1.29, 1.82) is 0 Å². The minimum Gasteiger partial charge on any atom is -0.490 e. The summed E-state index contributed by atoms with van der Waals surface area (Å²) < 4.78 is 7.25. The second-order valence-electron chi connectivity index (χ2n) is 8.56. The molecule has 2 N–H and O–H groups in total. The number of thiophene rings is 1. The van der Waals surface area contributed by atoms with Gasteiger partial charge in [0.1, 0.15) is 18.5 Å². The van der Waals surface area contributed by atoms with Crippen LogP contribution in [0.4, 0.5) is 0 Å². The molecule has 162 valence electrons. The predicted molar refractivity (Wildman–Crippen MR) is 130 cm³/mol. The Morgan fingerprint density at radius 1 is 1.26 bits per heavy atom. The minimum atomic E-state index is -0.514. The second-order valence-corrected chi connectivity index (χ2v) is 10.1. The van der Waals surface area contributed by atoms with E-state index in [0.29, 0.717) is 25.1 Å². The van der Waals surface area contributed by atoms with Crippen molar-refractivity contribution in [1.82, 2.24) is 9.88 Å². The number of rotatable bonds is 6. The van der Waals surface area contributed by atoms with E-state index in [1.807, 2.05) is 47.9 Å². The Bertz CT molecular complexity index is 1190. The SMILES string of the molecule is C[C@@H]1C[C@H](c2cc3cc(Cl)ccc3s2)CCN1C[C@H](O)COc1cccc2[nH]ccc12. The van der Waals surface area contributed by atoms with Gasteiger partial charge in [0, 0.05) is 44.3 Å². The maximum Gasteiger partial charge on any atom is 0.128 e. The lowest BCUT2D eigenvalue weighted by molar-refractivity contribution is 0.0408. The van der Waals surface area contributed by atoms with Gasteiger partial charge in [0.2, 0.25) is 0 Å². The number of fused-ring (bicyclic) bond motifs is 2. The van der Waals surface area contributed by atoms with E-state index in [2.05, 4.69) is 35.0 Å². The van der Waals surface area contributed by atoms with Crippen LogP contribution >= 0.6 is 22.9 Å². The molecule has 0 amide bonds. The summed E-state index contributed by atoms with van der Waals surface area (Å²) in [5.74, 6) is 1.39. The highest BCUT2D eigenvalue weighted by Gasteiger charge is 2.28. The molecule has 0 unspecified atom stereocenters. The number of nitrogens with one attached hydrogen (secondary N) is 1. The summed E-state index contributed by atoms with van der Waals surface area (Å²) in [6.45, 7) is 4.20. The van der Waals surface area contributed by atoms with Crippen LogP contribution in [0.15, 0.2) is 54.7 Å². The number of aliphatic hydroxyl groups excluding tert-OH is 1. The van der Waals surface area contributed by atoms with Gasteiger partial charge in [-0.3, -0.25) is 4.90 Å². The smallest absolute Gasteiger partial charge is 0.128 e. The molecule has 31 heavy (non-hydrogen) atoms. The van der Waals surface area contributed by atoms with Crippen LogP contribution in [0, 0.1) is 0 Å². The number of aromatic amines is 1. The summed E-state index contributed by atoms with van der Waals surface area (Å²) in [6, 6.07) is 16.8. The zero-order valence-corrected chi connectivity index (χ0v) is 19.1. The first-order chi connectivity index (χ1) is 15.1. The monoisotopic (exact) mass is 454 g/mol. The van der Waals surface area contributed by atoms with Crippen molar-refractivity contribution in [2.24, 2.45) is 0 Å². The third-order valence-corrected chi connectivity index (χ3v) is 7.86. The zero-order valence-electron chi connectivity index (χ0n) is 17.6. The van der Waals surface area contributed by atoms with Crippen LogP contribution in [0.2, 0.25) is 5.02 Å². The highest BCUT2D eigenvalue weighted by atomic mass is 35.5. The van der Waals surface area contributed by atoms with E-state index >= 15 is 0 Å². The van der Waals surface area contributed by atoms with Crippen molar-refractivity contribution in [3.63, 3.8) is 0 Å². The maximum atomic E-state index is 10.6. The largest absolute Gasteiger partial charge is 0.490 e. The van der Waals surface area contributed by atoms with Crippen molar-refractivity contribution in [3.05, 3.63) is 64.6 Å². The maximum absolute atomic E-state index is 10.6. The molecule has 0 bridgehead atoms. The van der Waals surface area contributed by atoms with Crippen LogP contribution in [0.3, 0.4) is 0 Å². The molecule has 6 heteroatoms. The summed E-state index contributed by atoms with van der Waals surface area (Å²) in [4.78, 5) is 7.04. The second kappa shape index (κ2) is 8.83. The van der Waals surface area contributed by atoms with Crippen molar-refractivity contribution >= 4 is 43.9 Å². The first-order valence-electron chi connectivity index (χ1n) is 10.9. The molecule has 2 aromatic heterocycles. The van der Waals surface area contributed by atoms with E-state index in [1.165, 1.54) is 15.0 Å². The van der Waals surface area contributed by atoms with Gasteiger partial charge in [-0.2, -0.15) is 0 Å². The number of β-amino-alcohol motifs (C(OH)–C–C–N with tert-alkyl or cyclic N) is 1. The molecule has 1 fully saturated rings. The average Bonchev–Trinajstić information content (AvgIpc) is 3.40. The molecule has 0 spiro atoms. The van der Waals surface area contributed by atoms with E-state index in [0.717, 1.165) is 41.1 Å². The summed E-state index contributed by atoms with van der Waals surface area (Å²) in [6.07, 6.45) is 3.61. The van der Waals surface area contributed by atoms with Gasteiger partial charge >= 0.3 is 0 Å². The summed E-state index contributed by atoms with van der Waals surface area (Å²) in [5.41, 5.74) is 1.05. The normalized spacial score (nSPS) is 21.0. The lowest BCUT2D eigenvalue weighted by atomic mass is 9.90. The zero-order chi connectivity index (χ0) is 21.4. The Morgan fingerprint density at radius 3 is 3.03 bits per heavy atom. The predicted octanol–water partition coefficient (Wildman–Crippen LogP) is 6.04. The van der Waals surface area contributed by atoms with Crippen molar-refractivity contribution < 1.29 is 9.84 Å². The summed E-state index contributed by atoms with van der Waals surface area (Å²) in [5, 5.41) is 13.7. The van der Waals surface area contributed by atoms with E-state index in [-0.39, 0.29) is 0 Å². The number of piperidine rings is 1. The van der Waals surface area contributed by atoms with Gasteiger partial charge in [0.25, 0.3) is 0 Å². The summed E-state index contributed by atoms with van der Waals surface area (Å²) >= 11 is 8.04. The highest BCUT2D eigenvalue weighted by Crippen LogP contribution is 2.38. The van der Waals surface area contributed by atoms with Crippen molar-refractivity contribution in [2.45, 2.75) is 37.8 Å². The number of benzene rings is 2. The van der Waals surface area contributed by atoms with Crippen LogP contribution in [-0.2, 0) is 0 Å². The van der Waals surface area contributed by atoms with Gasteiger partial charge < -0.3 is 14.8 Å². The van der Waals surface area contributed by atoms with Crippen LogP contribution in [0.5, 0.6) is 5.75 Å². The lowest BCUT2D eigenvalue weighted by Gasteiger charge is -2.38. The fourth-order valence-electron chi connectivity index (χ4n) is 4.68. The van der Waals surface area contributed by atoms with E-state index in [9.17, 15) is 5.11 Å². The number of halogens is 1. The molecule has 4 aromatic rings. The fourth-order valence-corrected chi connectivity index (χ4v) is 6.05. The molecule has 0 radical (unpaired) electrons. The van der Waals surface area contributed by atoms with Crippen molar-refractivity contribution in [3.8, 4) is 5.75 Å². The Hall–Kier alpha value is -2.05. The molecule has 4 nitrogen and oxygen atoms in total. The van der Waals surface area contributed by atoms with E-state index in [1.54, 1.807) is 0 Å². The molecule has 2 aromatic carbocycles. The topological polar surface area (TPSA) is 48.5 Å². The number of aromatic nitrogens is 1. The molecule has 3 atom stereocenters. The Balaban J connectivity index is 1.17. The van der Waals surface area contributed by atoms with Crippen LogP contribution in [0.25, 0.3) is 21.0 Å². The molecule has 1 aliphatic rings. The number of hydrogen-bond acceptors (Lipinski definition) is 4. The molecular weight excluding hydrogens is 428 g/mol. The third-order valence-electron chi connectivity index (χ3n) is 6.34. The molecule has 5 rings (SSSR count). The van der Waals surface area contributed by atoms with E-state index in [4.69, 9.17) is 16.3 Å². The lowest BCUT2D eigenvalue weighted by Crippen LogP contribution is -2.45. The van der Waals surface area contributed by atoms with Gasteiger partial charge in [-0.05, 0) is 80.1 Å². The molecule has 1 saturated heterocycles. The highest BCUT2D eigenvalue weighted by molar-refractivity contribution is 7.19. The molecule has 0 saturated carbocycles. The van der Waals surface area contributed by atoms with Gasteiger partial charge in [0.15, 0.2) is 0 Å². The number of ether oxygens (including phenoxy) is 1. The number of hydrogen-bond donors (Lipinski definition) is 2. The Labute approximate surface area is 191 Å². The molecule has 0 aliphatic carbocycles. The van der Waals surface area contributed by atoms with Gasteiger partial charge in [-0.25, -0.2) is 0 Å². The first-order valence-corrected chi connectivity index (χ1v) is 12.1. The molecule has 1 aliphatic heterocycles. The Morgan fingerprint density at radius 2 is 2.16 bits per heavy atom. The Kier molecular flexibility index (Phi) is 5.93. The summed E-state index contributed by atoms with van der Waals surface area (Å²) in [7, 11) is 0. The number of aliphatic hydroxyl groups is 1. The number of likely N-dealkylation sites (tertiary alicyclic amines) is 1. The van der Waals surface area contributed by atoms with Crippen LogP contribution in [-0.4, -0.2) is 46.8 Å². The van der Waals surface area contributed by atoms with Gasteiger partial charge in [0.05, 0.1) is 0 Å². The number of H-pyrrole nitrogens is 1. The van der Waals surface area contributed by atoms with Crippen LogP contribution in [0.1, 0.15) is 30.6 Å². The molecular formula is C25H27ClN2O2S. The quantitative estimate of drug-likeness (QED) is 0.373. The third kappa shape index (κ3) is 4.46. The van der Waals surface area contributed by atoms with Crippen LogP contribution < -0.4 is 4.74 Å². The average molecular weight is 455 g/mol. The van der Waals surface area contributed by atoms with Crippen molar-refractivity contribution in [2.75, 3.05) is 19.7 Å². The van der Waals surface area contributed by atoms with E-state index < -0.39 is 6.10 Å². The van der Waals surface area contributed by atoms with Gasteiger partial charge in [-0.15, -0.1) is 11.3 Å². The standard InChI is InChI=1S/C25H27ClN2O2S/c1-16-11-17(25-13-18-12-19(26)5-6-24(18)31-25)8-10-28(16)14-20(29)15-30-23-4-2-3-22-21(23)7-9-27-22/h2-7,9,12-13,16-17,20,27,29H,8,10-11,14-15H2,1H3/t16-,17-,20+/m1/s1. The number of nitrogens with zero attached hydrogens (tertiary/aromatic N) is 1. The van der Waals surface area contributed by atoms with Gasteiger partial charge in [-0.1, -0.05) is 17.7 Å². The molecule has 3 heterocycles. The fraction of sp³-hybridized carbons (Fsp3) is 0.360. The minimum absolute atomic E-state index is 0.300.